The van der Waals surface area contributed by atoms with Gasteiger partial charge in [0, 0.05) is 26.5 Å². The molecule has 3 heteroatoms. The summed E-state index contributed by atoms with van der Waals surface area (Å²) in [6.45, 7) is 2.06. The third kappa shape index (κ3) is 4.08. The van der Waals surface area contributed by atoms with Gasteiger partial charge in [-0.25, -0.2) is 0 Å². The average molecular weight is 271 g/mol. The first-order valence-corrected chi connectivity index (χ1v) is 6.71. The molecule has 0 saturated heterocycles. The van der Waals surface area contributed by atoms with E-state index in [0.717, 1.165) is 12.2 Å². The minimum Gasteiger partial charge on any atom is -0.381 e. The number of ether oxygens (including phenoxy) is 2. The summed E-state index contributed by atoms with van der Waals surface area (Å²) in [5.41, 5.74) is 4.75. The molecule has 0 fully saturated rings. The van der Waals surface area contributed by atoms with Gasteiger partial charge in [-0.05, 0) is 28.8 Å². The Morgan fingerprint density at radius 3 is 2.35 bits per heavy atom. The predicted molar refractivity (Wildman–Crippen MR) is 81.6 cm³/mol. The summed E-state index contributed by atoms with van der Waals surface area (Å²) in [5.74, 6) is 0. The summed E-state index contributed by atoms with van der Waals surface area (Å²) in [6, 6.07) is 16.6. The van der Waals surface area contributed by atoms with Crippen molar-refractivity contribution in [2.24, 2.45) is 0 Å². The topological polar surface area (TPSA) is 30.5 Å². The quantitative estimate of drug-likeness (QED) is 0.834. The van der Waals surface area contributed by atoms with Crippen molar-refractivity contribution >= 4 is 5.69 Å². The Kier molecular flexibility index (Phi) is 5.59. The van der Waals surface area contributed by atoms with Gasteiger partial charge in [0.1, 0.15) is 0 Å². The standard InChI is InChI=1S/C17H21NO2/c1-19-12-14-6-5-9-17(10-14)18-11-15-7-3-4-8-16(15)13-20-2/h3-10,18H,11-13H2,1-2H3. The molecule has 2 rings (SSSR count). The Labute approximate surface area is 120 Å². The average Bonchev–Trinajstić information content (AvgIpc) is 2.47. The van der Waals surface area contributed by atoms with Crippen LogP contribution in [0, 0.1) is 0 Å². The van der Waals surface area contributed by atoms with E-state index in [1.807, 2.05) is 12.1 Å². The minimum absolute atomic E-state index is 0.635. The highest BCUT2D eigenvalue weighted by Crippen LogP contribution is 2.15. The van der Waals surface area contributed by atoms with Gasteiger partial charge >= 0.3 is 0 Å². The molecule has 0 aromatic heterocycles. The second-order valence-corrected chi connectivity index (χ2v) is 4.69. The third-order valence-electron chi connectivity index (χ3n) is 3.14. The van der Waals surface area contributed by atoms with Gasteiger partial charge in [-0.1, -0.05) is 36.4 Å². The van der Waals surface area contributed by atoms with Crippen LogP contribution in [0.1, 0.15) is 16.7 Å². The number of nitrogens with one attached hydrogen (secondary N) is 1. The molecule has 0 aliphatic heterocycles. The fraction of sp³-hybridized carbons (Fsp3) is 0.294. The monoisotopic (exact) mass is 271 g/mol. The van der Waals surface area contributed by atoms with Crippen LogP contribution in [-0.2, 0) is 29.2 Å². The van der Waals surface area contributed by atoms with Crippen molar-refractivity contribution in [3.05, 3.63) is 65.2 Å². The molecule has 1 N–H and O–H groups in total. The molecule has 2 aromatic carbocycles. The molecular formula is C17H21NO2. The normalized spacial score (nSPS) is 10.5. The van der Waals surface area contributed by atoms with Crippen molar-refractivity contribution in [1.82, 2.24) is 0 Å². The molecule has 0 bridgehead atoms. The SMILES string of the molecule is COCc1cccc(NCc2ccccc2COC)c1. The largest absolute Gasteiger partial charge is 0.381 e. The third-order valence-corrected chi connectivity index (χ3v) is 3.14. The second-order valence-electron chi connectivity index (χ2n) is 4.69. The van der Waals surface area contributed by atoms with Gasteiger partial charge in [-0.3, -0.25) is 0 Å². The van der Waals surface area contributed by atoms with Gasteiger partial charge in [0.2, 0.25) is 0 Å². The van der Waals surface area contributed by atoms with E-state index in [1.165, 1.54) is 16.7 Å². The van der Waals surface area contributed by atoms with E-state index in [1.54, 1.807) is 14.2 Å². The summed E-state index contributed by atoms with van der Waals surface area (Å²) in [4.78, 5) is 0. The lowest BCUT2D eigenvalue weighted by Crippen LogP contribution is -2.04. The zero-order valence-corrected chi connectivity index (χ0v) is 12.1. The maximum absolute atomic E-state index is 5.23. The van der Waals surface area contributed by atoms with E-state index in [4.69, 9.17) is 9.47 Å². The van der Waals surface area contributed by atoms with E-state index in [0.29, 0.717) is 13.2 Å². The molecule has 0 amide bonds. The van der Waals surface area contributed by atoms with Crippen molar-refractivity contribution in [1.29, 1.82) is 0 Å². The summed E-state index contributed by atoms with van der Waals surface area (Å²) in [7, 11) is 3.43. The lowest BCUT2D eigenvalue weighted by Gasteiger charge is -2.12. The maximum atomic E-state index is 5.23. The molecule has 0 spiro atoms. The van der Waals surface area contributed by atoms with Gasteiger partial charge < -0.3 is 14.8 Å². The Balaban J connectivity index is 2.03. The Hall–Kier alpha value is -1.84. The van der Waals surface area contributed by atoms with Gasteiger partial charge in [-0.2, -0.15) is 0 Å². The van der Waals surface area contributed by atoms with Crippen LogP contribution in [0.2, 0.25) is 0 Å². The number of methoxy groups -OCH3 is 2. The summed E-state index contributed by atoms with van der Waals surface area (Å²) < 4.78 is 10.4. The van der Waals surface area contributed by atoms with Gasteiger partial charge in [0.15, 0.2) is 0 Å². The number of benzene rings is 2. The molecule has 0 aliphatic rings. The van der Waals surface area contributed by atoms with Crippen molar-refractivity contribution in [3.63, 3.8) is 0 Å². The second kappa shape index (κ2) is 7.68. The molecule has 20 heavy (non-hydrogen) atoms. The van der Waals surface area contributed by atoms with E-state index in [9.17, 15) is 0 Å². The highest BCUT2D eigenvalue weighted by atomic mass is 16.5. The van der Waals surface area contributed by atoms with Crippen LogP contribution >= 0.6 is 0 Å². The van der Waals surface area contributed by atoms with Crippen molar-refractivity contribution in [2.75, 3.05) is 19.5 Å². The maximum Gasteiger partial charge on any atom is 0.0716 e. The Bertz CT molecular complexity index is 540. The molecule has 0 atom stereocenters. The molecule has 2 aromatic rings. The van der Waals surface area contributed by atoms with Crippen molar-refractivity contribution in [3.8, 4) is 0 Å². The fourth-order valence-electron chi connectivity index (χ4n) is 2.16. The first-order chi connectivity index (χ1) is 9.83. The van der Waals surface area contributed by atoms with Crippen molar-refractivity contribution in [2.45, 2.75) is 19.8 Å². The molecule has 0 heterocycles. The molecule has 0 unspecified atom stereocenters. The van der Waals surface area contributed by atoms with Crippen LogP contribution in [0.5, 0.6) is 0 Å². The van der Waals surface area contributed by atoms with Gasteiger partial charge in [0.05, 0.1) is 13.2 Å². The summed E-state index contributed by atoms with van der Waals surface area (Å²) in [5, 5.41) is 3.45. The van der Waals surface area contributed by atoms with Crippen LogP contribution in [0.25, 0.3) is 0 Å². The van der Waals surface area contributed by atoms with Crippen LogP contribution in [-0.4, -0.2) is 14.2 Å². The zero-order valence-electron chi connectivity index (χ0n) is 12.1. The van der Waals surface area contributed by atoms with Crippen LogP contribution < -0.4 is 5.32 Å². The number of hydrogen-bond donors (Lipinski definition) is 1. The van der Waals surface area contributed by atoms with Crippen molar-refractivity contribution < 1.29 is 9.47 Å². The summed E-state index contributed by atoms with van der Waals surface area (Å²) >= 11 is 0. The molecule has 0 aliphatic carbocycles. The number of hydrogen-bond acceptors (Lipinski definition) is 3. The van der Waals surface area contributed by atoms with Crippen LogP contribution in [0.15, 0.2) is 48.5 Å². The van der Waals surface area contributed by atoms with Crippen LogP contribution in [0.4, 0.5) is 5.69 Å². The molecule has 0 radical (unpaired) electrons. The fourth-order valence-corrected chi connectivity index (χ4v) is 2.16. The Morgan fingerprint density at radius 2 is 1.60 bits per heavy atom. The number of anilines is 1. The van der Waals surface area contributed by atoms with Crippen LogP contribution in [0.3, 0.4) is 0 Å². The highest BCUT2D eigenvalue weighted by molar-refractivity contribution is 5.46. The lowest BCUT2D eigenvalue weighted by atomic mass is 10.1. The van der Waals surface area contributed by atoms with E-state index in [-0.39, 0.29) is 0 Å². The van der Waals surface area contributed by atoms with Gasteiger partial charge in [0.25, 0.3) is 0 Å². The molecule has 106 valence electrons. The number of rotatable bonds is 7. The van der Waals surface area contributed by atoms with E-state index < -0.39 is 0 Å². The molecule has 3 nitrogen and oxygen atoms in total. The predicted octanol–water partition coefficient (Wildman–Crippen LogP) is 3.59. The molecule has 0 saturated carbocycles. The lowest BCUT2D eigenvalue weighted by molar-refractivity contribution is 0.184. The Morgan fingerprint density at radius 1 is 0.850 bits per heavy atom. The minimum atomic E-state index is 0.635. The first kappa shape index (κ1) is 14.6. The summed E-state index contributed by atoms with van der Waals surface area (Å²) in [6.07, 6.45) is 0. The van der Waals surface area contributed by atoms with E-state index in [2.05, 4.69) is 41.7 Å². The first-order valence-electron chi connectivity index (χ1n) is 6.71. The van der Waals surface area contributed by atoms with Gasteiger partial charge in [-0.15, -0.1) is 0 Å². The zero-order chi connectivity index (χ0) is 14.2. The smallest absolute Gasteiger partial charge is 0.0716 e. The highest BCUT2D eigenvalue weighted by Gasteiger charge is 2.02. The van der Waals surface area contributed by atoms with E-state index >= 15 is 0 Å². The molecular weight excluding hydrogens is 250 g/mol.